The van der Waals surface area contributed by atoms with E-state index in [0.29, 0.717) is 0 Å². The minimum atomic E-state index is -1.10. The maximum atomic E-state index is 12.7. The summed E-state index contributed by atoms with van der Waals surface area (Å²) in [6, 6.07) is 18.8. The van der Waals surface area contributed by atoms with Crippen LogP contribution >= 0.6 is 0 Å². The quantitative estimate of drug-likeness (QED) is 0.366. The first-order valence-corrected chi connectivity index (χ1v) is 10.9. The van der Waals surface area contributed by atoms with Crippen LogP contribution in [0.4, 0.5) is 4.79 Å². The number of benzene rings is 2. The predicted molar refractivity (Wildman–Crippen MR) is 126 cm³/mol. The van der Waals surface area contributed by atoms with Crippen LogP contribution in [-0.4, -0.2) is 47.3 Å². The Morgan fingerprint density at radius 1 is 1.00 bits per heavy atom. The van der Waals surface area contributed by atoms with Crippen molar-refractivity contribution >= 4 is 18.0 Å². The zero-order valence-corrected chi connectivity index (χ0v) is 18.4. The lowest BCUT2D eigenvalue weighted by Gasteiger charge is -2.19. The third-order valence-corrected chi connectivity index (χ3v) is 5.69. The Hall–Kier alpha value is -4.33. The van der Waals surface area contributed by atoms with Gasteiger partial charge in [0.05, 0.1) is 0 Å². The summed E-state index contributed by atoms with van der Waals surface area (Å²) in [5.74, 6) is -1.64. The zero-order chi connectivity index (χ0) is 23.9. The van der Waals surface area contributed by atoms with Crippen molar-refractivity contribution in [2.45, 2.75) is 18.4 Å². The third kappa shape index (κ3) is 5.35. The topological polar surface area (TPSA) is 121 Å². The Labute approximate surface area is 196 Å². The van der Waals surface area contributed by atoms with Gasteiger partial charge < -0.3 is 25.5 Å². The number of alkyl carbamates (subject to hydrolysis) is 1. The molecular weight excluding hydrogens is 434 g/mol. The highest BCUT2D eigenvalue weighted by Crippen LogP contribution is 2.44. The number of aromatic nitrogens is 1. The van der Waals surface area contributed by atoms with Crippen molar-refractivity contribution in [2.24, 2.45) is 0 Å². The molecule has 2 amide bonds. The first-order chi connectivity index (χ1) is 16.5. The van der Waals surface area contributed by atoms with Crippen molar-refractivity contribution in [3.63, 3.8) is 0 Å². The number of amides is 2. The van der Waals surface area contributed by atoms with Crippen LogP contribution in [0.1, 0.15) is 22.7 Å². The zero-order valence-electron chi connectivity index (χ0n) is 18.4. The molecule has 3 aromatic rings. The lowest BCUT2D eigenvalue weighted by atomic mass is 9.98. The van der Waals surface area contributed by atoms with Crippen molar-refractivity contribution in [2.75, 3.05) is 13.2 Å². The van der Waals surface area contributed by atoms with Gasteiger partial charge in [0.2, 0.25) is 5.91 Å². The van der Waals surface area contributed by atoms with Crippen molar-refractivity contribution in [1.82, 2.24) is 15.6 Å². The average Bonchev–Trinajstić information content (AvgIpc) is 3.46. The summed E-state index contributed by atoms with van der Waals surface area (Å²) in [7, 11) is 0. The van der Waals surface area contributed by atoms with Crippen LogP contribution in [0.25, 0.3) is 11.1 Å². The molecule has 1 aliphatic carbocycles. The second-order valence-electron chi connectivity index (χ2n) is 7.91. The average molecular weight is 460 g/mol. The molecule has 8 nitrogen and oxygen atoms in total. The number of rotatable bonds is 9. The van der Waals surface area contributed by atoms with Gasteiger partial charge in [-0.15, -0.1) is 0 Å². The van der Waals surface area contributed by atoms with Crippen LogP contribution in [0.15, 0.2) is 79.0 Å². The fourth-order valence-electron chi connectivity index (χ4n) is 4.15. The van der Waals surface area contributed by atoms with Crippen molar-refractivity contribution in [1.29, 1.82) is 0 Å². The van der Waals surface area contributed by atoms with E-state index in [9.17, 15) is 14.4 Å². The number of H-pyrrole nitrogens is 1. The monoisotopic (exact) mass is 459 g/mol. The van der Waals surface area contributed by atoms with Gasteiger partial charge in [-0.05, 0) is 34.4 Å². The minimum absolute atomic E-state index is 0.0265. The number of carbonyl (C=O) groups is 3. The first kappa shape index (κ1) is 22.8. The molecule has 0 saturated carbocycles. The first-order valence-electron chi connectivity index (χ1n) is 10.9. The second kappa shape index (κ2) is 10.5. The fraction of sp³-hybridized carbons (Fsp3) is 0.192. The van der Waals surface area contributed by atoms with Gasteiger partial charge in [0.15, 0.2) is 0 Å². The van der Waals surface area contributed by atoms with Gasteiger partial charge in [0.1, 0.15) is 12.6 Å². The number of aromatic amines is 1. The Morgan fingerprint density at radius 3 is 2.29 bits per heavy atom. The van der Waals surface area contributed by atoms with E-state index in [2.05, 4.69) is 27.8 Å². The van der Waals surface area contributed by atoms with Gasteiger partial charge in [0.25, 0.3) is 0 Å². The molecule has 0 bridgehead atoms. The number of carboxylic acids is 1. The summed E-state index contributed by atoms with van der Waals surface area (Å²) in [6.45, 7) is 0.163. The van der Waals surface area contributed by atoms with Gasteiger partial charge in [-0.25, -0.2) is 9.59 Å². The van der Waals surface area contributed by atoms with Crippen LogP contribution in [0.5, 0.6) is 0 Å². The number of nitrogens with one attached hydrogen (secondary N) is 3. The third-order valence-electron chi connectivity index (χ3n) is 5.69. The molecule has 1 aromatic heterocycles. The number of ether oxygens (including phenoxy) is 1. The van der Waals surface area contributed by atoms with Crippen LogP contribution in [0, 0.1) is 0 Å². The molecule has 1 aliphatic rings. The normalized spacial score (nSPS) is 13.2. The minimum Gasteiger partial charge on any atom is -0.478 e. The van der Waals surface area contributed by atoms with Gasteiger partial charge in [0, 0.05) is 36.9 Å². The Bertz CT molecular complexity index is 1160. The molecule has 1 heterocycles. The van der Waals surface area contributed by atoms with Gasteiger partial charge in [-0.2, -0.15) is 0 Å². The SMILES string of the molecule is O=C(O)/C=C/CNC(=O)C(Cc1ccc[nH]1)NC(=O)OCC1c2ccccc2-c2ccccc21. The number of carboxylic acid groups (broad SMARTS) is 1. The highest BCUT2D eigenvalue weighted by molar-refractivity contribution is 5.86. The number of carbonyl (C=O) groups excluding carboxylic acids is 2. The van der Waals surface area contributed by atoms with E-state index in [4.69, 9.17) is 9.84 Å². The summed E-state index contributed by atoms with van der Waals surface area (Å²) >= 11 is 0. The fourth-order valence-corrected chi connectivity index (χ4v) is 4.15. The lowest BCUT2D eigenvalue weighted by Crippen LogP contribution is -2.48. The van der Waals surface area contributed by atoms with E-state index < -0.39 is 24.0 Å². The Morgan fingerprint density at radius 2 is 1.68 bits per heavy atom. The summed E-state index contributed by atoms with van der Waals surface area (Å²) in [5.41, 5.74) is 5.22. The lowest BCUT2D eigenvalue weighted by molar-refractivity contribution is -0.131. The number of hydrogen-bond donors (Lipinski definition) is 4. The van der Waals surface area contributed by atoms with E-state index in [-0.39, 0.29) is 25.5 Å². The van der Waals surface area contributed by atoms with Crippen LogP contribution in [0.3, 0.4) is 0 Å². The smallest absolute Gasteiger partial charge is 0.407 e. The molecule has 8 heteroatoms. The van der Waals surface area contributed by atoms with E-state index in [0.717, 1.165) is 34.0 Å². The molecular formula is C26H25N3O5. The largest absolute Gasteiger partial charge is 0.478 e. The van der Waals surface area contributed by atoms with Crippen molar-refractivity contribution in [3.05, 3.63) is 95.8 Å². The van der Waals surface area contributed by atoms with Gasteiger partial charge in [-0.3, -0.25) is 4.79 Å². The maximum Gasteiger partial charge on any atom is 0.407 e. The van der Waals surface area contributed by atoms with E-state index >= 15 is 0 Å². The predicted octanol–water partition coefficient (Wildman–Crippen LogP) is 3.22. The van der Waals surface area contributed by atoms with Crippen LogP contribution < -0.4 is 10.6 Å². The molecule has 34 heavy (non-hydrogen) atoms. The molecule has 2 aromatic carbocycles. The molecule has 0 spiro atoms. The molecule has 0 fully saturated rings. The summed E-state index contributed by atoms with van der Waals surface area (Å²) in [5, 5.41) is 13.9. The summed E-state index contributed by atoms with van der Waals surface area (Å²) < 4.78 is 5.56. The number of hydrogen-bond acceptors (Lipinski definition) is 4. The highest BCUT2D eigenvalue weighted by atomic mass is 16.5. The van der Waals surface area contributed by atoms with Gasteiger partial charge >= 0.3 is 12.1 Å². The molecule has 0 aliphatic heterocycles. The van der Waals surface area contributed by atoms with Crippen LogP contribution in [-0.2, 0) is 20.7 Å². The van der Waals surface area contributed by atoms with E-state index in [1.807, 2.05) is 42.5 Å². The molecule has 174 valence electrons. The molecule has 1 atom stereocenters. The molecule has 4 rings (SSSR count). The summed E-state index contributed by atoms with van der Waals surface area (Å²) in [4.78, 5) is 38.9. The van der Waals surface area contributed by atoms with E-state index in [1.165, 1.54) is 6.08 Å². The molecule has 1 unspecified atom stereocenters. The van der Waals surface area contributed by atoms with Crippen molar-refractivity contribution in [3.8, 4) is 11.1 Å². The maximum absolute atomic E-state index is 12.7. The number of fused-ring (bicyclic) bond motifs is 3. The Balaban J connectivity index is 1.40. The molecule has 4 N–H and O–H groups in total. The highest BCUT2D eigenvalue weighted by Gasteiger charge is 2.29. The van der Waals surface area contributed by atoms with E-state index in [1.54, 1.807) is 12.3 Å². The Kier molecular flexibility index (Phi) is 7.07. The second-order valence-corrected chi connectivity index (χ2v) is 7.91. The molecule has 0 saturated heterocycles. The van der Waals surface area contributed by atoms with Gasteiger partial charge in [-0.1, -0.05) is 54.6 Å². The number of aliphatic carboxylic acids is 1. The standard InChI is InChI=1S/C26H25N3O5/c30-24(31)12-6-14-28-25(32)23(15-17-7-5-13-27-17)29-26(33)34-16-22-20-10-3-1-8-18(20)19-9-2-4-11-21(19)22/h1-13,22-23,27H,14-16H2,(H,28,32)(H,29,33)(H,30,31)/b12-6+. The molecule has 0 radical (unpaired) electrons. The van der Waals surface area contributed by atoms with Crippen molar-refractivity contribution < 1.29 is 24.2 Å². The van der Waals surface area contributed by atoms with Crippen LogP contribution in [0.2, 0.25) is 0 Å². The summed E-state index contributed by atoms with van der Waals surface area (Å²) in [6.07, 6.45) is 3.52.